The maximum absolute atomic E-state index is 10.4. The lowest BCUT2D eigenvalue weighted by molar-refractivity contribution is 0.209. The minimum absolute atomic E-state index is 0.191. The number of methoxy groups -OCH3 is 1. The number of aliphatic hydroxyl groups is 1. The van der Waals surface area contributed by atoms with E-state index in [1.165, 1.54) is 31.0 Å². The summed E-state index contributed by atoms with van der Waals surface area (Å²) in [6.07, 6.45) is 2.12. The highest BCUT2D eigenvalue weighted by Crippen LogP contribution is 2.32. The summed E-state index contributed by atoms with van der Waals surface area (Å²) in [5.74, 6) is 0.504. The number of rotatable bonds is 4. The SMILES string of the molecule is COc1nccnc1C(O)c1snnc1C(C)C. The quantitative estimate of drug-likeness (QED) is 0.904. The van der Waals surface area contributed by atoms with Crippen LogP contribution in [0.5, 0.6) is 5.88 Å². The molecule has 1 unspecified atom stereocenters. The molecule has 0 amide bonds. The molecule has 2 heterocycles. The Balaban J connectivity index is 2.41. The fraction of sp³-hybridized carbons (Fsp3) is 0.455. The lowest BCUT2D eigenvalue weighted by atomic mass is 10.1. The highest BCUT2D eigenvalue weighted by molar-refractivity contribution is 7.05. The first kappa shape index (κ1) is 12.8. The van der Waals surface area contributed by atoms with Crippen molar-refractivity contribution in [2.45, 2.75) is 25.9 Å². The molecule has 0 bridgehead atoms. The molecule has 0 aliphatic rings. The molecule has 1 atom stereocenters. The summed E-state index contributed by atoms with van der Waals surface area (Å²) in [6.45, 7) is 4.00. The maximum Gasteiger partial charge on any atom is 0.238 e. The largest absolute Gasteiger partial charge is 0.480 e. The second kappa shape index (κ2) is 5.36. The van der Waals surface area contributed by atoms with Crippen molar-refractivity contribution in [3.63, 3.8) is 0 Å². The Bertz CT molecular complexity index is 529. The highest BCUT2D eigenvalue weighted by Gasteiger charge is 2.24. The van der Waals surface area contributed by atoms with E-state index in [0.29, 0.717) is 16.5 Å². The van der Waals surface area contributed by atoms with Crippen LogP contribution >= 0.6 is 11.5 Å². The third kappa shape index (κ3) is 2.32. The summed E-state index contributed by atoms with van der Waals surface area (Å²) < 4.78 is 8.98. The van der Waals surface area contributed by atoms with Gasteiger partial charge in [0.15, 0.2) is 0 Å². The number of hydrogen-bond donors (Lipinski definition) is 1. The van der Waals surface area contributed by atoms with Gasteiger partial charge in [-0.15, -0.1) is 5.10 Å². The Morgan fingerprint density at radius 2 is 1.94 bits per heavy atom. The van der Waals surface area contributed by atoms with Gasteiger partial charge >= 0.3 is 0 Å². The summed E-state index contributed by atoms with van der Waals surface area (Å²) in [5.41, 5.74) is 1.16. The Morgan fingerprint density at radius 3 is 2.61 bits per heavy atom. The maximum atomic E-state index is 10.4. The highest BCUT2D eigenvalue weighted by atomic mass is 32.1. The first-order valence-corrected chi connectivity index (χ1v) is 6.27. The number of ether oxygens (including phenoxy) is 1. The molecular weight excluding hydrogens is 252 g/mol. The second-order valence-corrected chi connectivity index (χ2v) is 4.82. The molecule has 7 heteroatoms. The number of hydrogen-bond acceptors (Lipinski definition) is 7. The molecule has 0 aromatic carbocycles. The lowest BCUT2D eigenvalue weighted by Crippen LogP contribution is -2.07. The molecule has 0 aliphatic carbocycles. The molecule has 2 aromatic rings. The average molecular weight is 266 g/mol. The molecule has 1 N–H and O–H groups in total. The zero-order valence-electron chi connectivity index (χ0n) is 10.4. The van der Waals surface area contributed by atoms with Crippen molar-refractivity contribution < 1.29 is 9.84 Å². The van der Waals surface area contributed by atoms with Gasteiger partial charge in [0.2, 0.25) is 5.88 Å². The van der Waals surface area contributed by atoms with E-state index in [1.807, 2.05) is 13.8 Å². The molecule has 2 rings (SSSR count). The van der Waals surface area contributed by atoms with Gasteiger partial charge in [0.1, 0.15) is 11.8 Å². The summed E-state index contributed by atoms with van der Waals surface area (Å²) in [7, 11) is 1.49. The summed E-state index contributed by atoms with van der Waals surface area (Å²) in [4.78, 5) is 8.83. The van der Waals surface area contributed by atoms with Crippen LogP contribution in [0.25, 0.3) is 0 Å². The van der Waals surface area contributed by atoms with E-state index in [4.69, 9.17) is 4.74 Å². The van der Waals surface area contributed by atoms with E-state index in [9.17, 15) is 5.11 Å². The van der Waals surface area contributed by atoms with E-state index in [-0.39, 0.29) is 5.92 Å². The predicted molar refractivity (Wildman–Crippen MR) is 66.6 cm³/mol. The van der Waals surface area contributed by atoms with E-state index in [0.717, 1.165) is 5.69 Å². The molecule has 96 valence electrons. The molecule has 0 fully saturated rings. The smallest absolute Gasteiger partial charge is 0.238 e. The topological polar surface area (TPSA) is 81.0 Å². The Hall–Kier alpha value is -1.60. The van der Waals surface area contributed by atoms with Crippen LogP contribution in [0.1, 0.15) is 42.1 Å². The van der Waals surface area contributed by atoms with E-state index >= 15 is 0 Å². The van der Waals surface area contributed by atoms with Gasteiger partial charge in [-0.1, -0.05) is 18.3 Å². The van der Waals surface area contributed by atoms with Gasteiger partial charge in [0, 0.05) is 12.4 Å². The molecule has 0 saturated heterocycles. The Labute approximate surface area is 109 Å². The third-order valence-electron chi connectivity index (χ3n) is 2.48. The Morgan fingerprint density at radius 1 is 1.22 bits per heavy atom. The fourth-order valence-corrected chi connectivity index (χ4v) is 2.40. The van der Waals surface area contributed by atoms with Crippen molar-refractivity contribution in [3.05, 3.63) is 28.7 Å². The van der Waals surface area contributed by atoms with Crippen molar-refractivity contribution in [1.82, 2.24) is 19.6 Å². The summed E-state index contributed by atoms with van der Waals surface area (Å²) in [5, 5.41) is 14.4. The van der Waals surface area contributed by atoms with Gasteiger partial charge in [-0.2, -0.15) is 0 Å². The molecular formula is C11H14N4O2S. The number of aliphatic hydroxyl groups excluding tert-OH is 1. The van der Waals surface area contributed by atoms with Crippen LogP contribution in [0, 0.1) is 0 Å². The van der Waals surface area contributed by atoms with Gasteiger partial charge in [-0.05, 0) is 17.5 Å². The van der Waals surface area contributed by atoms with Crippen LogP contribution in [0.4, 0.5) is 0 Å². The van der Waals surface area contributed by atoms with Crippen molar-refractivity contribution in [1.29, 1.82) is 0 Å². The molecule has 0 spiro atoms. The van der Waals surface area contributed by atoms with Crippen LogP contribution < -0.4 is 4.74 Å². The molecule has 2 aromatic heterocycles. The van der Waals surface area contributed by atoms with E-state index in [2.05, 4.69) is 19.6 Å². The zero-order valence-corrected chi connectivity index (χ0v) is 11.2. The van der Waals surface area contributed by atoms with Crippen LogP contribution in [0.2, 0.25) is 0 Å². The monoisotopic (exact) mass is 266 g/mol. The first-order chi connectivity index (χ1) is 8.65. The summed E-state index contributed by atoms with van der Waals surface area (Å²) in [6, 6.07) is 0. The third-order valence-corrected chi connectivity index (χ3v) is 3.27. The minimum atomic E-state index is -0.911. The Kier molecular flexibility index (Phi) is 3.83. The van der Waals surface area contributed by atoms with Gasteiger partial charge in [-0.3, -0.25) is 4.98 Å². The van der Waals surface area contributed by atoms with Crippen molar-refractivity contribution >= 4 is 11.5 Å². The van der Waals surface area contributed by atoms with Gasteiger partial charge in [0.25, 0.3) is 0 Å². The van der Waals surface area contributed by atoms with Gasteiger partial charge in [0.05, 0.1) is 17.7 Å². The zero-order chi connectivity index (χ0) is 13.1. The molecule has 0 saturated carbocycles. The van der Waals surface area contributed by atoms with E-state index in [1.54, 1.807) is 0 Å². The number of nitrogens with zero attached hydrogens (tertiary/aromatic N) is 4. The number of aromatic nitrogens is 4. The molecule has 0 radical (unpaired) electrons. The minimum Gasteiger partial charge on any atom is -0.480 e. The van der Waals surface area contributed by atoms with Gasteiger partial charge in [-0.25, -0.2) is 4.98 Å². The van der Waals surface area contributed by atoms with Crippen molar-refractivity contribution in [2.75, 3.05) is 7.11 Å². The molecule has 0 aliphatic heterocycles. The van der Waals surface area contributed by atoms with Crippen LogP contribution in [-0.2, 0) is 0 Å². The van der Waals surface area contributed by atoms with Gasteiger partial charge < -0.3 is 9.84 Å². The molecule has 6 nitrogen and oxygen atoms in total. The lowest BCUT2D eigenvalue weighted by Gasteiger charge is -2.12. The second-order valence-electron chi connectivity index (χ2n) is 4.03. The van der Waals surface area contributed by atoms with Crippen molar-refractivity contribution in [3.8, 4) is 5.88 Å². The van der Waals surface area contributed by atoms with Crippen LogP contribution in [0.15, 0.2) is 12.4 Å². The average Bonchev–Trinajstić information content (AvgIpc) is 2.87. The fourth-order valence-electron chi connectivity index (χ4n) is 1.60. The van der Waals surface area contributed by atoms with Crippen LogP contribution in [0.3, 0.4) is 0 Å². The predicted octanol–water partition coefficient (Wildman–Crippen LogP) is 1.54. The normalized spacial score (nSPS) is 12.7. The standard InChI is InChI=1S/C11H14N4O2S/c1-6(2)7-10(18-15-14-7)9(16)8-11(17-3)13-5-4-12-8/h4-6,9,16H,1-3H3. The summed E-state index contributed by atoms with van der Waals surface area (Å²) >= 11 is 1.17. The van der Waals surface area contributed by atoms with E-state index < -0.39 is 6.10 Å². The first-order valence-electron chi connectivity index (χ1n) is 5.50. The van der Waals surface area contributed by atoms with Crippen molar-refractivity contribution in [2.24, 2.45) is 0 Å². The molecule has 18 heavy (non-hydrogen) atoms. The van der Waals surface area contributed by atoms with Crippen LogP contribution in [-0.4, -0.2) is 31.8 Å².